The normalized spacial score (nSPS) is 8.80. The van der Waals surface area contributed by atoms with E-state index in [9.17, 15) is 0 Å². The van der Waals surface area contributed by atoms with Crippen molar-refractivity contribution in [1.82, 2.24) is 4.98 Å². The molecule has 1 aromatic heterocycles. The number of azide groups is 1. The van der Waals surface area contributed by atoms with Gasteiger partial charge in [0.25, 0.3) is 0 Å². The molecule has 0 radical (unpaired) electrons. The third-order valence-corrected chi connectivity index (χ3v) is 1.23. The van der Waals surface area contributed by atoms with Crippen LogP contribution in [0.15, 0.2) is 23.6 Å². The maximum absolute atomic E-state index is 7.95. The Balaban J connectivity index is -0.0000000417. The van der Waals surface area contributed by atoms with Crippen molar-refractivity contribution in [1.29, 1.82) is 0 Å². The average molecular weight is 148 g/mol. The second-order valence-corrected chi connectivity index (χ2v) is 1.92. The first-order valence-electron chi connectivity index (χ1n) is 3.06. The van der Waals surface area contributed by atoms with Crippen molar-refractivity contribution in [2.75, 3.05) is 6.54 Å². The van der Waals surface area contributed by atoms with Gasteiger partial charge in [0.05, 0.1) is 0 Å². The molecule has 0 unspecified atom stereocenters. The monoisotopic (exact) mass is 148 g/mol. The number of hydrogen-bond acceptors (Lipinski definition) is 1. The highest BCUT2D eigenvalue weighted by Gasteiger charge is 1.88. The van der Waals surface area contributed by atoms with Gasteiger partial charge >= 0.3 is 0 Å². The highest BCUT2D eigenvalue weighted by Crippen LogP contribution is 1.96. The van der Waals surface area contributed by atoms with Crippen molar-refractivity contribution in [2.24, 2.45) is 5.11 Å². The molecule has 0 aromatic carbocycles. The van der Waals surface area contributed by atoms with Gasteiger partial charge in [-0.25, -0.2) is 0 Å². The summed E-state index contributed by atoms with van der Waals surface area (Å²) in [4.78, 5) is 5.57. The summed E-state index contributed by atoms with van der Waals surface area (Å²) in [5.74, 6) is 0. The molecule has 64 valence electrons. The Hall–Kier alpha value is -1.41. The van der Waals surface area contributed by atoms with E-state index in [0.717, 1.165) is 6.42 Å². The van der Waals surface area contributed by atoms with Crippen LogP contribution in [0.5, 0.6) is 0 Å². The van der Waals surface area contributed by atoms with Gasteiger partial charge in [0.1, 0.15) is 0 Å². The molecule has 1 N–H and O–H groups in total. The van der Waals surface area contributed by atoms with E-state index in [1.807, 2.05) is 18.5 Å². The molecule has 1 heterocycles. The fraction of sp³-hybridized carbons (Fsp3) is 0.333. The van der Waals surface area contributed by atoms with E-state index >= 15 is 0 Å². The van der Waals surface area contributed by atoms with Gasteiger partial charge in [-0.05, 0) is 23.6 Å². The third-order valence-electron chi connectivity index (χ3n) is 1.23. The fourth-order valence-electron chi connectivity index (χ4n) is 0.738. The van der Waals surface area contributed by atoms with Crippen LogP contribution in [0, 0.1) is 0 Å². The largest absolute Gasteiger partial charge is 0.367 e. The smallest absolute Gasteiger partial charge is 0.0298 e. The van der Waals surface area contributed by atoms with E-state index < -0.39 is 0 Å². The Labute approximate surface area is 67.4 Å². The van der Waals surface area contributed by atoms with Gasteiger partial charge in [-0.2, -0.15) is 0 Å². The van der Waals surface area contributed by atoms with Crippen molar-refractivity contribution in [3.05, 3.63) is 34.5 Å². The lowest BCUT2D eigenvalue weighted by Gasteiger charge is -1.86. The number of hydrogen-bond donors (Lipinski definition) is 1. The first-order chi connectivity index (χ1) is 4.93. The van der Waals surface area contributed by atoms with Crippen LogP contribution >= 0.6 is 0 Å². The summed E-state index contributed by atoms with van der Waals surface area (Å²) < 4.78 is 0. The second-order valence-electron chi connectivity index (χ2n) is 1.92. The Kier molecular flexibility index (Phi) is 2.40. The predicted molar refractivity (Wildman–Crippen MR) is 51.2 cm³/mol. The van der Waals surface area contributed by atoms with Crippen LogP contribution in [0.3, 0.4) is 0 Å². The topological polar surface area (TPSA) is 64.6 Å². The highest BCUT2D eigenvalue weighted by atomic mass is 15.1. The summed E-state index contributed by atoms with van der Waals surface area (Å²) in [5, 5.41) is 3.41. The van der Waals surface area contributed by atoms with Gasteiger partial charge in [-0.1, -0.05) is 5.11 Å². The summed E-state index contributed by atoms with van der Waals surface area (Å²) in [7, 11) is 0. The standard InChI is InChI=1S/C6H8N4.6H2/c7-10-9-4-2-6-1-3-8-5-6;;;;;;/h1,3,5,8H,2,4H2;6*1H. The second kappa shape index (κ2) is 3.58. The van der Waals surface area contributed by atoms with Crippen molar-refractivity contribution in [2.45, 2.75) is 6.42 Å². The molecule has 0 bridgehead atoms. The first kappa shape index (κ1) is 6.71. The zero-order valence-corrected chi connectivity index (χ0v) is 5.49. The minimum atomic E-state index is 0. The molecule has 0 atom stereocenters. The zero-order valence-electron chi connectivity index (χ0n) is 5.49. The lowest BCUT2D eigenvalue weighted by Crippen LogP contribution is -1.83. The first-order valence-corrected chi connectivity index (χ1v) is 3.06. The van der Waals surface area contributed by atoms with Gasteiger partial charge < -0.3 is 4.98 Å². The molecule has 4 heteroatoms. The minimum absolute atomic E-state index is 0. The Morgan fingerprint density at radius 3 is 3.30 bits per heavy atom. The average Bonchev–Trinajstić information content (AvgIpc) is 2.41. The zero-order chi connectivity index (χ0) is 7.23. The molecule has 10 heavy (non-hydrogen) atoms. The van der Waals surface area contributed by atoms with Crippen LogP contribution in [0.1, 0.15) is 14.1 Å². The molecule has 0 saturated heterocycles. The number of rotatable bonds is 3. The maximum atomic E-state index is 7.95. The van der Waals surface area contributed by atoms with Crippen LogP contribution in [-0.4, -0.2) is 11.5 Å². The molecule has 0 fully saturated rings. The maximum Gasteiger partial charge on any atom is 0.0298 e. The molecule has 1 aromatic rings. The molecular weight excluding hydrogens is 128 g/mol. The Morgan fingerprint density at radius 2 is 2.70 bits per heavy atom. The molecule has 0 aliphatic carbocycles. The van der Waals surface area contributed by atoms with Crippen molar-refractivity contribution >= 4 is 0 Å². The number of aromatic amines is 1. The van der Waals surface area contributed by atoms with Crippen molar-refractivity contribution in [3.8, 4) is 0 Å². The van der Waals surface area contributed by atoms with E-state index in [0.29, 0.717) is 6.54 Å². The van der Waals surface area contributed by atoms with Crippen LogP contribution in [0.25, 0.3) is 10.4 Å². The van der Waals surface area contributed by atoms with Gasteiger partial charge in [-0.15, -0.1) is 0 Å². The van der Waals surface area contributed by atoms with Crippen LogP contribution in [-0.2, 0) is 6.42 Å². The molecule has 0 aliphatic rings. The summed E-state index contributed by atoms with van der Waals surface area (Å²) >= 11 is 0. The summed E-state index contributed by atoms with van der Waals surface area (Å²) in [6, 6.07) is 1.97. The summed E-state index contributed by atoms with van der Waals surface area (Å²) in [5.41, 5.74) is 9.12. The summed E-state index contributed by atoms with van der Waals surface area (Å²) in [6.07, 6.45) is 4.56. The fourth-order valence-corrected chi connectivity index (χ4v) is 0.738. The minimum Gasteiger partial charge on any atom is -0.367 e. The van der Waals surface area contributed by atoms with Crippen LogP contribution in [0.2, 0.25) is 0 Å². The molecule has 0 spiro atoms. The van der Waals surface area contributed by atoms with Crippen LogP contribution < -0.4 is 0 Å². The van der Waals surface area contributed by atoms with Crippen molar-refractivity contribution in [3.63, 3.8) is 0 Å². The van der Waals surface area contributed by atoms with E-state index in [1.165, 1.54) is 5.56 Å². The third kappa shape index (κ3) is 1.84. The SMILES string of the molecule is [HH].[HH].[HH].[HH].[HH].[HH].[N-]=[N+]=NCCc1cc[nH]c1. The van der Waals surface area contributed by atoms with Crippen molar-refractivity contribution < 1.29 is 8.56 Å². The number of H-pyrrole nitrogens is 1. The van der Waals surface area contributed by atoms with E-state index in [2.05, 4.69) is 15.0 Å². The van der Waals surface area contributed by atoms with Gasteiger partial charge in [0, 0.05) is 32.4 Å². The van der Waals surface area contributed by atoms with E-state index in [1.54, 1.807) is 0 Å². The van der Waals surface area contributed by atoms with E-state index in [4.69, 9.17) is 5.53 Å². The number of nitrogens with one attached hydrogen (secondary N) is 1. The predicted octanol–water partition coefficient (Wildman–Crippen LogP) is 3.34. The van der Waals surface area contributed by atoms with E-state index in [-0.39, 0.29) is 8.56 Å². The molecule has 1 rings (SSSR count). The molecule has 0 amide bonds. The van der Waals surface area contributed by atoms with Gasteiger partial charge in [-0.3, -0.25) is 0 Å². The molecule has 0 saturated carbocycles. The van der Waals surface area contributed by atoms with Gasteiger partial charge in [0.15, 0.2) is 0 Å². The van der Waals surface area contributed by atoms with Crippen LogP contribution in [0.4, 0.5) is 0 Å². The number of aromatic nitrogens is 1. The van der Waals surface area contributed by atoms with Gasteiger partial charge in [0.2, 0.25) is 0 Å². The number of nitrogens with zero attached hydrogens (tertiary/aromatic N) is 3. The lowest BCUT2D eigenvalue weighted by atomic mass is 10.2. The highest BCUT2D eigenvalue weighted by molar-refractivity contribution is 5.08. The molecular formula is C6H20N4. The molecule has 0 aliphatic heterocycles. The quantitative estimate of drug-likeness (QED) is 0.388. The molecule has 4 nitrogen and oxygen atoms in total. The Bertz CT molecular complexity index is 235. The Morgan fingerprint density at radius 1 is 1.80 bits per heavy atom. The lowest BCUT2D eigenvalue weighted by molar-refractivity contribution is 0.958. The summed E-state index contributed by atoms with van der Waals surface area (Å²) in [6.45, 7) is 0.536.